The van der Waals surface area contributed by atoms with Crippen molar-refractivity contribution >= 4 is 5.71 Å². The van der Waals surface area contributed by atoms with E-state index >= 15 is 0 Å². The van der Waals surface area contributed by atoms with Gasteiger partial charge in [0.1, 0.15) is 0 Å². The van der Waals surface area contributed by atoms with E-state index in [0.29, 0.717) is 6.04 Å². The maximum atomic E-state index is 5.30. The summed E-state index contributed by atoms with van der Waals surface area (Å²) in [6, 6.07) is 0.566. The minimum atomic E-state index is 0.566. The smallest absolute Gasteiger partial charge is 0.0986 e. The fraction of sp³-hybridized carbons (Fsp3) is 0.933. The zero-order chi connectivity index (χ0) is 12.7. The van der Waals surface area contributed by atoms with Crippen LogP contribution in [-0.2, 0) is 4.74 Å². The lowest BCUT2D eigenvalue weighted by Crippen LogP contribution is -2.41. The summed E-state index contributed by atoms with van der Waals surface area (Å²) in [4.78, 5) is 7.43. The Balaban J connectivity index is 1.76. The van der Waals surface area contributed by atoms with Crippen molar-refractivity contribution in [3.8, 4) is 0 Å². The Kier molecular flexibility index (Phi) is 3.46. The maximum Gasteiger partial charge on any atom is 0.0986 e. The molecule has 0 aromatic carbocycles. The minimum absolute atomic E-state index is 0.566. The average Bonchev–Trinajstić information content (AvgIpc) is 2.72. The van der Waals surface area contributed by atoms with Crippen LogP contribution in [0.1, 0.15) is 33.1 Å². The molecule has 2 heterocycles. The zero-order valence-corrected chi connectivity index (χ0v) is 11.9. The molecule has 0 aromatic rings. The van der Waals surface area contributed by atoms with E-state index in [2.05, 4.69) is 18.7 Å². The topological polar surface area (TPSA) is 24.8 Å². The first-order chi connectivity index (χ1) is 8.69. The third-order valence-corrected chi connectivity index (χ3v) is 5.37. The highest BCUT2D eigenvalue weighted by molar-refractivity contribution is 5.88. The van der Waals surface area contributed by atoms with Gasteiger partial charge in [0.05, 0.1) is 6.73 Å². The predicted octanol–water partition coefficient (Wildman–Crippen LogP) is 2.42. The van der Waals surface area contributed by atoms with E-state index in [1.807, 2.05) is 0 Å². The molecule has 3 heteroatoms. The number of rotatable bonds is 2. The van der Waals surface area contributed by atoms with E-state index in [9.17, 15) is 0 Å². The van der Waals surface area contributed by atoms with Crippen molar-refractivity contribution in [3.05, 3.63) is 0 Å². The maximum absolute atomic E-state index is 5.30. The average molecular weight is 250 g/mol. The van der Waals surface area contributed by atoms with Crippen LogP contribution in [0.4, 0.5) is 0 Å². The first-order valence-electron chi connectivity index (χ1n) is 7.47. The second-order valence-corrected chi connectivity index (χ2v) is 6.59. The molecule has 0 N–H and O–H groups in total. The van der Waals surface area contributed by atoms with E-state index in [1.54, 1.807) is 12.8 Å². The third kappa shape index (κ3) is 2.12. The van der Waals surface area contributed by atoms with Crippen molar-refractivity contribution in [2.45, 2.75) is 39.2 Å². The lowest BCUT2D eigenvalue weighted by Gasteiger charge is -2.41. The van der Waals surface area contributed by atoms with Gasteiger partial charge in [-0.05, 0) is 49.9 Å². The summed E-state index contributed by atoms with van der Waals surface area (Å²) in [7, 11) is 1.80. The molecule has 0 radical (unpaired) electrons. The van der Waals surface area contributed by atoms with E-state index < -0.39 is 0 Å². The number of fused-ring (bicyclic) bond motifs is 2. The summed E-state index contributed by atoms with van der Waals surface area (Å²) >= 11 is 0. The van der Waals surface area contributed by atoms with Gasteiger partial charge < -0.3 is 4.74 Å². The van der Waals surface area contributed by atoms with Crippen LogP contribution in [0.25, 0.3) is 0 Å². The number of hydrogen-bond donors (Lipinski definition) is 0. The second kappa shape index (κ2) is 4.93. The monoisotopic (exact) mass is 250 g/mol. The van der Waals surface area contributed by atoms with Crippen molar-refractivity contribution in [2.75, 3.05) is 26.9 Å². The molecule has 0 bridgehead atoms. The molecule has 1 aliphatic carbocycles. The Labute approximate surface area is 111 Å². The minimum Gasteiger partial charge on any atom is -0.369 e. The molecule has 3 aliphatic rings. The highest BCUT2D eigenvalue weighted by Gasteiger charge is 2.45. The zero-order valence-electron chi connectivity index (χ0n) is 11.9. The lowest BCUT2D eigenvalue weighted by atomic mass is 9.65. The lowest BCUT2D eigenvalue weighted by molar-refractivity contribution is 0.0748. The Morgan fingerprint density at radius 1 is 1.28 bits per heavy atom. The molecule has 1 saturated carbocycles. The fourth-order valence-corrected chi connectivity index (χ4v) is 4.46. The van der Waals surface area contributed by atoms with E-state index in [4.69, 9.17) is 9.73 Å². The molecule has 0 amide bonds. The Hall–Kier alpha value is -0.410. The van der Waals surface area contributed by atoms with Gasteiger partial charge in [0.15, 0.2) is 0 Å². The molecular formula is C15H26N2O. The second-order valence-electron chi connectivity index (χ2n) is 6.59. The van der Waals surface area contributed by atoms with Gasteiger partial charge in [0.25, 0.3) is 0 Å². The van der Waals surface area contributed by atoms with Crippen molar-refractivity contribution in [1.82, 2.24) is 4.90 Å². The number of methoxy groups -OCH3 is 1. The van der Waals surface area contributed by atoms with Crippen LogP contribution in [0.5, 0.6) is 0 Å². The van der Waals surface area contributed by atoms with Gasteiger partial charge in [-0.2, -0.15) is 0 Å². The molecule has 18 heavy (non-hydrogen) atoms. The van der Waals surface area contributed by atoms with Gasteiger partial charge in [-0.3, -0.25) is 9.89 Å². The summed E-state index contributed by atoms with van der Waals surface area (Å²) in [6.45, 7) is 7.98. The predicted molar refractivity (Wildman–Crippen MR) is 73.8 cm³/mol. The summed E-state index contributed by atoms with van der Waals surface area (Å²) in [5, 5.41) is 0. The van der Waals surface area contributed by atoms with Crippen molar-refractivity contribution < 1.29 is 4.74 Å². The number of nitrogens with zero attached hydrogens (tertiary/aromatic N) is 2. The van der Waals surface area contributed by atoms with Crippen LogP contribution in [0.3, 0.4) is 0 Å². The van der Waals surface area contributed by atoms with Gasteiger partial charge in [-0.25, -0.2) is 0 Å². The van der Waals surface area contributed by atoms with Crippen LogP contribution < -0.4 is 0 Å². The number of likely N-dealkylation sites (tertiary alicyclic amines) is 1. The van der Waals surface area contributed by atoms with E-state index in [-0.39, 0.29) is 0 Å². The number of hydrogen-bond acceptors (Lipinski definition) is 3. The Morgan fingerprint density at radius 2 is 2.11 bits per heavy atom. The summed E-state index contributed by atoms with van der Waals surface area (Å²) in [6.07, 6.45) is 3.91. The third-order valence-electron chi connectivity index (χ3n) is 5.37. The van der Waals surface area contributed by atoms with Crippen LogP contribution >= 0.6 is 0 Å². The largest absolute Gasteiger partial charge is 0.369 e. The molecule has 102 valence electrons. The van der Waals surface area contributed by atoms with Gasteiger partial charge in [0.2, 0.25) is 0 Å². The van der Waals surface area contributed by atoms with Crippen LogP contribution in [0.15, 0.2) is 4.99 Å². The van der Waals surface area contributed by atoms with Gasteiger partial charge in [0, 0.05) is 32.0 Å². The SMILES string of the molecule is COCN1CC2CC3=NC(C)CCC3C(C)C2C1. The van der Waals surface area contributed by atoms with Crippen molar-refractivity contribution in [2.24, 2.45) is 28.7 Å². The molecule has 0 spiro atoms. The van der Waals surface area contributed by atoms with Crippen molar-refractivity contribution in [1.29, 1.82) is 0 Å². The van der Waals surface area contributed by atoms with E-state index in [0.717, 1.165) is 30.4 Å². The van der Waals surface area contributed by atoms with Gasteiger partial charge in [-0.15, -0.1) is 0 Å². The van der Waals surface area contributed by atoms with Crippen LogP contribution in [-0.4, -0.2) is 43.6 Å². The molecule has 2 aliphatic heterocycles. The molecule has 5 unspecified atom stereocenters. The fourth-order valence-electron chi connectivity index (χ4n) is 4.46. The normalized spacial score (nSPS) is 44.4. The van der Waals surface area contributed by atoms with Gasteiger partial charge >= 0.3 is 0 Å². The quantitative estimate of drug-likeness (QED) is 0.752. The summed E-state index contributed by atoms with van der Waals surface area (Å²) in [5.41, 5.74) is 1.54. The summed E-state index contributed by atoms with van der Waals surface area (Å²) < 4.78 is 5.30. The highest BCUT2D eigenvalue weighted by atomic mass is 16.5. The molecule has 2 fully saturated rings. The summed E-state index contributed by atoms with van der Waals surface area (Å²) in [5.74, 6) is 3.30. The number of aliphatic imine (C=N–C) groups is 1. The molecule has 0 aromatic heterocycles. The first-order valence-corrected chi connectivity index (χ1v) is 7.47. The molecule has 3 nitrogen and oxygen atoms in total. The van der Waals surface area contributed by atoms with Gasteiger partial charge in [-0.1, -0.05) is 6.92 Å². The molecule has 1 saturated heterocycles. The Morgan fingerprint density at radius 3 is 2.89 bits per heavy atom. The molecule has 3 rings (SSSR count). The van der Waals surface area contributed by atoms with Crippen molar-refractivity contribution in [3.63, 3.8) is 0 Å². The van der Waals surface area contributed by atoms with E-state index in [1.165, 1.54) is 32.4 Å². The number of ether oxygens (including phenoxy) is 1. The van der Waals surface area contributed by atoms with Crippen LogP contribution in [0.2, 0.25) is 0 Å². The standard InChI is InChI=1S/C15H26N2O/c1-10-4-5-13-11(2)14-8-17(9-18-3)7-12(14)6-15(13)16-10/h10-14H,4-9H2,1-3H3. The highest BCUT2D eigenvalue weighted by Crippen LogP contribution is 2.45. The Bertz CT molecular complexity index is 341. The first kappa shape index (κ1) is 12.6. The molecule has 5 atom stereocenters. The molecular weight excluding hydrogens is 224 g/mol. The van der Waals surface area contributed by atoms with Crippen LogP contribution in [0, 0.1) is 23.7 Å².